The van der Waals surface area contributed by atoms with E-state index in [1.54, 1.807) is 18.0 Å². The fraction of sp³-hybridized carbons (Fsp3) is 0.636. The van der Waals surface area contributed by atoms with Crippen LogP contribution >= 0.6 is 11.8 Å². The van der Waals surface area contributed by atoms with Gasteiger partial charge in [0, 0.05) is 18.1 Å². The molecule has 1 rings (SSSR count). The first-order chi connectivity index (χ1) is 7.70. The van der Waals surface area contributed by atoms with Gasteiger partial charge in [0.25, 0.3) is 0 Å². The van der Waals surface area contributed by atoms with Crippen molar-refractivity contribution < 1.29 is 0 Å². The summed E-state index contributed by atoms with van der Waals surface area (Å²) in [5.41, 5.74) is -0.390. The molecule has 0 amide bonds. The monoisotopic (exact) mass is 238 g/mol. The van der Waals surface area contributed by atoms with Gasteiger partial charge >= 0.3 is 0 Å². The lowest BCUT2D eigenvalue weighted by atomic mass is 9.98. The molecule has 1 unspecified atom stereocenters. The van der Waals surface area contributed by atoms with Gasteiger partial charge in [0.2, 0.25) is 0 Å². The highest BCUT2D eigenvalue weighted by molar-refractivity contribution is 7.99. The molecule has 4 nitrogen and oxygen atoms in total. The molecule has 0 saturated carbocycles. The first kappa shape index (κ1) is 13.1. The molecule has 1 aromatic heterocycles. The van der Waals surface area contributed by atoms with Crippen LogP contribution in [0.4, 0.5) is 0 Å². The van der Waals surface area contributed by atoms with Gasteiger partial charge in [-0.15, -0.1) is 0 Å². The fourth-order valence-corrected chi connectivity index (χ4v) is 2.27. The zero-order valence-corrected chi connectivity index (χ0v) is 10.6. The molecule has 2 N–H and O–H groups in total. The third kappa shape index (κ3) is 4.25. The summed E-state index contributed by atoms with van der Waals surface area (Å²) in [5.74, 6) is 0.982. The van der Waals surface area contributed by atoms with E-state index in [0.717, 1.165) is 30.3 Å². The number of rotatable bonds is 7. The first-order valence-corrected chi connectivity index (χ1v) is 6.47. The lowest BCUT2D eigenvalue weighted by molar-refractivity contribution is 0.426. The summed E-state index contributed by atoms with van der Waals surface area (Å²) < 4.78 is 0. The minimum Gasteiger partial charge on any atom is -0.340 e. The van der Waals surface area contributed by atoms with E-state index in [-0.39, 0.29) is 0 Å². The highest BCUT2D eigenvalue weighted by Crippen LogP contribution is 2.17. The van der Waals surface area contributed by atoms with Crippen LogP contribution in [-0.4, -0.2) is 27.8 Å². The summed E-state index contributed by atoms with van der Waals surface area (Å²) in [6.07, 6.45) is 5.44. The fourth-order valence-electron chi connectivity index (χ4n) is 1.50. The molecule has 0 aliphatic heterocycles. The number of nitrogens with zero attached hydrogens (tertiary/aromatic N) is 2. The van der Waals surface area contributed by atoms with Crippen molar-refractivity contribution in [3.63, 3.8) is 0 Å². The second-order valence-electron chi connectivity index (χ2n) is 3.82. The number of hydrogen-bond donors (Lipinski definition) is 2. The number of aromatic amines is 1. The van der Waals surface area contributed by atoms with E-state index in [1.165, 1.54) is 0 Å². The van der Waals surface area contributed by atoms with Gasteiger partial charge < -0.3 is 4.98 Å². The van der Waals surface area contributed by atoms with Crippen LogP contribution in [0, 0.1) is 11.3 Å². The van der Waals surface area contributed by atoms with Gasteiger partial charge in [-0.25, -0.2) is 4.98 Å². The minimum absolute atomic E-state index is 0.390. The van der Waals surface area contributed by atoms with Gasteiger partial charge in [0.1, 0.15) is 5.54 Å². The quantitative estimate of drug-likeness (QED) is 0.564. The predicted molar refractivity (Wildman–Crippen MR) is 66.2 cm³/mol. The maximum atomic E-state index is 9.06. The minimum atomic E-state index is -0.390. The SMILES string of the molecule is CCNC(C)(C#N)CCCSc1ncc[nH]1. The molecule has 0 saturated heterocycles. The number of nitriles is 1. The lowest BCUT2D eigenvalue weighted by Crippen LogP contribution is -2.40. The van der Waals surface area contributed by atoms with Crippen LogP contribution in [0.1, 0.15) is 26.7 Å². The highest BCUT2D eigenvalue weighted by Gasteiger charge is 2.21. The molecule has 0 aliphatic rings. The molecule has 1 heterocycles. The molecule has 0 spiro atoms. The lowest BCUT2D eigenvalue weighted by Gasteiger charge is -2.21. The Labute approximate surface area is 101 Å². The van der Waals surface area contributed by atoms with Gasteiger partial charge in [0.15, 0.2) is 5.16 Å². The largest absolute Gasteiger partial charge is 0.340 e. The normalized spacial score (nSPS) is 14.3. The summed E-state index contributed by atoms with van der Waals surface area (Å²) in [6.45, 7) is 4.80. The van der Waals surface area contributed by atoms with Crippen LogP contribution in [0.25, 0.3) is 0 Å². The summed E-state index contributed by atoms with van der Waals surface area (Å²) >= 11 is 1.69. The van der Waals surface area contributed by atoms with E-state index >= 15 is 0 Å². The molecule has 0 aromatic carbocycles. The second-order valence-corrected chi connectivity index (χ2v) is 4.90. The summed E-state index contributed by atoms with van der Waals surface area (Å²) in [4.78, 5) is 7.18. The van der Waals surface area contributed by atoms with Gasteiger partial charge in [0.05, 0.1) is 6.07 Å². The predicted octanol–water partition coefficient (Wildman–Crippen LogP) is 2.17. The number of aromatic nitrogens is 2. The first-order valence-electron chi connectivity index (χ1n) is 5.48. The molecule has 88 valence electrons. The van der Waals surface area contributed by atoms with Crippen molar-refractivity contribution in [2.75, 3.05) is 12.3 Å². The van der Waals surface area contributed by atoms with Crippen molar-refractivity contribution in [1.29, 1.82) is 5.26 Å². The van der Waals surface area contributed by atoms with Crippen LogP contribution in [0.2, 0.25) is 0 Å². The van der Waals surface area contributed by atoms with Crippen LogP contribution in [0.15, 0.2) is 17.6 Å². The van der Waals surface area contributed by atoms with E-state index in [4.69, 9.17) is 5.26 Å². The van der Waals surface area contributed by atoms with Crippen molar-refractivity contribution in [1.82, 2.24) is 15.3 Å². The Morgan fingerprint density at radius 1 is 1.69 bits per heavy atom. The molecule has 1 aromatic rings. The number of hydrogen-bond acceptors (Lipinski definition) is 4. The molecule has 0 aliphatic carbocycles. The molecule has 0 radical (unpaired) electrons. The number of H-pyrrole nitrogens is 1. The van der Waals surface area contributed by atoms with Gasteiger partial charge in [-0.05, 0) is 26.3 Å². The zero-order valence-electron chi connectivity index (χ0n) is 9.79. The molecule has 5 heteroatoms. The summed E-state index contributed by atoms with van der Waals surface area (Å²) in [5, 5.41) is 13.2. The van der Waals surface area contributed by atoms with Gasteiger partial charge in [-0.2, -0.15) is 5.26 Å². The van der Waals surface area contributed by atoms with Crippen LogP contribution < -0.4 is 5.32 Å². The highest BCUT2D eigenvalue weighted by atomic mass is 32.2. The Morgan fingerprint density at radius 3 is 3.06 bits per heavy atom. The Morgan fingerprint density at radius 2 is 2.50 bits per heavy atom. The van der Waals surface area contributed by atoms with Crippen LogP contribution in [-0.2, 0) is 0 Å². The van der Waals surface area contributed by atoms with Gasteiger partial charge in [-0.3, -0.25) is 5.32 Å². The third-order valence-corrected chi connectivity index (χ3v) is 3.34. The second kappa shape index (κ2) is 6.56. The molecular formula is C11H18N4S. The topological polar surface area (TPSA) is 64.5 Å². The summed E-state index contributed by atoms with van der Waals surface area (Å²) in [7, 11) is 0. The van der Waals surface area contributed by atoms with Crippen LogP contribution in [0.3, 0.4) is 0 Å². The molecule has 0 fully saturated rings. The van der Waals surface area contributed by atoms with E-state index in [2.05, 4.69) is 21.4 Å². The summed E-state index contributed by atoms with van der Waals surface area (Å²) in [6, 6.07) is 2.33. The van der Waals surface area contributed by atoms with Crippen molar-refractivity contribution in [3.05, 3.63) is 12.4 Å². The average molecular weight is 238 g/mol. The molecule has 16 heavy (non-hydrogen) atoms. The van der Waals surface area contributed by atoms with Crippen molar-refractivity contribution in [3.8, 4) is 6.07 Å². The van der Waals surface area contributed by atoms with Crippen molar-refractivity contribution >= 4 is 11.8 Å². The van der Waals surface area contributed by atoms with E-state index < -0.39 is 5.54 Å². The molecule has 1 atom stereocenters. The molecule has 0 bridgehead atoms. The number of imidazole rings is 1. The van der Waals surface area contributed by atoms with E-state index in [0.29, 0.717) is 0 Å². The van der Waals surface area contributed by atoms with Crippen molar-refractivity contribution in [2.24, 2.45) is 0 Å². The Hall–Kier alpha value is -0.990. The van der Waals surface area contributed by atoms with Gasteiger partial charge in [-0.1, -0.05) is 18.7 Å². The third-order valence-electron chi connectivity index (χ3n) is 2.35. The van der Waals surface area contributed by atoms with E-state index in [1.807, 2.05) is 20.0 Å². The average Bonchev–Trinajstić information content (AvgIpc) is 2.78. The maximum absolute atomic E-state index is 9.06. The standard InChI is InChI=1S/C11H18N4S/c1-3-15-11(2,9-12)5-4-8-16-10-13-6-7-14-10/h6-7,15H,3-5,8H2,1-2H3,(H,13,14). The van der Waals surface area contributed by atoms with Crippen molar-refractivity contribution in [2.45, 2.75) is 37.4 Å². The molecular weight excluding hydrogens is 220 g/mol. The smallest absolute Gasteiger partial charge is 0.165 e. The van der Waals surface area contributed by atoms with E-state index in [9.17, 15) is 0 Å². The Bertz CT molecular complexity index is 330. The Kier molecular flexibility index (Phi) is 5.36. The maximum Gasteiger partial charge on any atom is 0.165 e. The number of thioether (sulfide) groups is 1. The Balaban J connectivity index is 2.21. The number of nitrogens with one attached hydrogen (secondary N) is 2. The zero-order chi connectivity index (χ0) is 11.9. The van der Waals surface area contributed by atoms with Crippen LogP contribution in [0.5, 0.6) is 0 Å².